The zero-order valence-corrected chi connectivity index (χ0v) is 12.3. The number of rotatable bonds is 7. The Bertz CT molecular complexity index is 531. The summed E-state index contributed by atoms with van der Waals surface area (Å²) in [6, 6.07) is 11.5. The molecule has 2 rings (SSSR count). The molecule has 2 aromatic rings. The highest BCUT2D eigenvalue weighted by Crippen LogP contribution is 2.27. The molecular formula is C16H18ClNO2. The highest BCUT2D eigenvalue weighted by molar-refractivity contribution is 6.17. The van der Waals surface area contributed by atoms with Crippen LogP contribution < -0.4 is 9.47 Å². The van der Waals surface area contributed by atoms with Crippen molar-refractivity contribution in [2.24, 2.45) is 0 Å². The molecule has 0 bridgehead atoms. The first kappa shape index (κ1) is 14.7. The summed E-state index contributed by atoms with van der Waals surface area (Å²) in [7, 11) is 0. The molecule has 0 aliphatic rings. The molecule has 0 fully saturated rings. The molecule has 1 heterocycles. The smallest absolute Gasteiger partial charge is 0.130 e. The van der Waals surface area contributed by atoms with Crippen LogP contribution in [0.4, 0.5) is 0 Å². The lowest BCUT2D eigenvalue weighted by molar-refractivity contribution is 0.289. The summed E-state index contributed by atoms with van der Waals surface area (Å²) in [5.74, 6) is 1.96. The second kappa shape index (κ2) is 7.75. The molecular weight excluding hydrogens is 274 g/mol. The van der Waals surface area contributed by atoms with E-state index in [0.717, 1.165) is 29.2 Å². The molecule has 0 amide bonds. The van der Waals surface area contributed by atoms with Crippen LogP contribution in [0.15, 0.2) is 42.6 Å². The van der Waals surface area contributed by atoms with Crippen molar-refractivity contribution in [3.05, 3.63) is 53.9 Å². The van der Waals surface area contributed by atoms with Crippen LogP contribution in [0.3, 0.4) is 0 Å². The first-order chi connectivity index (χ1) is 9.83. The van der Waals surface area contributed by atoms with Crippen molar-refractivity contribution < 1.29 is 9.47 Å². The van der Waals surface area contributed by atoms with Gasteiger partial charge in [-0.1, -0.05) is 19.1 Å². The lowest BCUT2D eigenvalue weighted by Crippen LogP contribution is -2.01. The number of alkyl halides is 1. The Morgan fingerprint density at radius 3 is 2.75 bits per heavy atom. The fourth-order valence-electron chi connectivity index (χ4n) is 1.72. The van der Waals surface area contributed by atoms with Gasteiger partial charge in [0.15, 0.2) is 0 Å². The molecule has 0 unspecified atom stereocenters. The van der Waals surface area contributed by atoms with E-state index >= 15 is 0 Å². The maximum atomic E-state index is 5.93. The highest BCUT2D eigenvalue weighted by atomic mass is 35.5. The van der Waals surface area contributed by atoms with Crippen molar-refractivity contribution in [1.82, 2.24) is 4.98 Å². The van der Waals surface area contributed by atoms with Gasteiger partial charge < -0.3 is 9.47 Å². The number of hydrogen-bond acceptors (Lipinski definition) is 3. The van der Waals surface area contributed by atoms with Crippen molar-refractivity contribution in [2.45, 2.75) is 25.8 Å². The molecule has 0 saturated carbocycles. The number of halogens is 1. The van der Waals surface area contributed by atoms with E-state index in [0.29, 0.717) is 19.1 Å². The molecule has 1 aromatic carbocycles. The molecule has 1 aromatic heterocycles. The molecule has 0 aliphatic carbocycles. The summed E-state index contributed by atoms with van der Waals surface area (Å²) >= 11 is 5.93. The van der Waals surface area contributed by atoms with E-state index in [9.17, 15) is 0 Å². The Morgan fingerprint density at radius 2 is 2.05 bits per heavy atom. The van der Waals surface area contributed by atoms with Gasteiger partial charge in [-0.25, -0.2) is 0 Å². The van der Waals surface area contributed by atoms with Crippen molar-refractivity contribution in [1.29, 1.82) is 0 Å². The third kappa shape index (κ3) is 4.14. The summed E-state index contributed by atoms with van der Waals surface area (Å²) in [5, 5.41) is 0. The van der Waals surface area contributed by atoms with Crippen molar-refractivity contribution in [3.63, 3.8) is 0 Å². The van der Waals surface area contributed by atoms with Crippen LogP contribution in [0.1, 0.15) is 24.6 Å². The lowest BCUT2D eigenvalue weighted by atomic mass is 10.2. The van der Waals surface area contributed by atoms with Crippen LogP contribution in [-0.2, 0) is 12.5 Å². The van der Waals surface area contributed by atoms with E-state index in [1.807, 2.05) is 36.4 Å². The van der Waals surface area contributed by atoms with E-state index in [2.05, 4.69) is 11.9 Å². The molecule has 0 saturated heterocycles. The molecule has 0 N–H and O–H groups in total. The maximum absolute atomic E-state index is 5.93. The van der Waals surface area contributed by atoms with Crippen LogP contribution in [0.25, 0.3) is 0 Å². The lowest BCUT2D eigenvalue weighted by Gasteiger charge is -2.12. The Labute approximate surface area is 124 Å². The Balaban J connectivity index is 2.07. The molecule has 0 atom stereocenters. The summed E-state index contributed by atoms with van der Waals surface area (Å²) < 4.78 is 11.4. The van der Waals surface area contributed by atoms with Gasteiger partial charge in [-0.3, -0.25) is 4.98 Å². The van der Waals surface area contributed by atoms with Gasteiger partial charge >= 0.3 is 0 Å². The minimum Gasteiger partial charge on any atom is -0.493 e. The second-order valence-electron chi connectivity index (χ2n) is 4.36. The SMILES string of the molecule is CCCOc1ccc(CCl)c(OCc2ccccn2)c1. The van der Waals surface area contributed by atoms with Crippen LogP contribution >= 0.6 is 11.6 Å². The van der Waals surface area contributed by atoms with Gasteiger partial charge in [0.1, 0.15) is 18.1 Å². The summed E-state index contributed by atoms with van der Waals surface area (Å²) in [6.45, 7) is 3.19. The van der Waals surface area contributed by atoms with E-state index in [1.165, 1.54) is 0 Å². The molecule has 106 valence electrons. The average Bonchev–Trinajstić information content (AvgIpc) is 2.52. The van der Waals surface area contributed by atoms with Gasteiger partial charge in [0.25, 0.3) is 0 Å². The fraction of sp³-hybridized carbons (Fsp3) is 0.312. The molecule has 0 aliphatic heterocycles. The minimum absolute atomic E-state index is 0.408. The topological polar surface area (TPSA) is 31.4 Å². The monoisotopic (exact) mass is 291 g/mol. The summed E-state index contributed by atoms with van der Waals surface area (Å²) in [4.78, 5) is 4.23. The standard InChI is InChI=1S/C16H18ClNO2/c1-2-9-19-15-7-6-13(11-17)16(10-15)20-12-14-5-3-4-8-18-14/h3-8,10H,2,9,11-12H2,1H3. The largest absolute Gasteiger partial charge is 0.493 e. The third-order valence-corrected chi connectivity index (χ3v) is 3.05. The molecule has 0 spiro atoms. The Morgan fingerprint density at radius 1 is 1.15 bits per heavy atom. The summed E-state index contributed by atoms with van der Waals surface area (Å²) in [5.41, 5.74) is 1.83. The zero-order chi connectivity index (χ0) is 14.2. The Hall–Kier alpha value is -1.74. The van der Waals surface area contributed by atoms with Gasteiger partial charge in [-0.15, -0.1) is 11.6 Å². The molecule has 3 nitrogen and oxygen atoms in total. The van der Waals surface area contributed by atoms with E-state index < -0.39 is 0 Å². The van der Waals surface area contributed by atoms with Crippen LogP contribution in [0.2, 0.25) is 0 Å². The Kier molecular flexibility index (Phi) is 5.69. The molecule has 20 heavy (non-hydrogen) atoms. The van der Waals surface area contributed by atoms with Gasteiger partial charge in [0.2, 0.25) is 0 Å². The van der Waals surface area contributed by atoms with Crippen molar-refractivity contribution in [3.8, 4) is 11.5 Å². The van der Waals surface area contributed by atoms with Crippen molar-refractivity contribution in [2.75, 3.05) is 6.61 Å². The number of benzene rings is 1. The predicted octanol–water partition coefficient (Wildman–Crippen LogP) is 4.19. The first-order valence-corrected chi connectivity index (χ1v) is 7.21. The van der Waals surface area contributed by atoms with E-state index in [4.69, 9.17) is 21.1 Å². The van der Waals surface area contributed by atoms with Crippen LogP contribution in [-0.4, -0.2) is 11.6 Å². The van der Waals surface area contributed by atoms with E-state index in [-0.39, 0.29) is 0 Å². The van der Waals surface area contributed by atoms with Crippen LogP contribution in [0.5, 0.6) is 11.5 Å². The van der Waals surface area contributed by atoms with Gasteiger partial charge in [-0.05, 0) is 24.6 Å². The average molecular weight is 292 g/mol. The number of aromatic nitrogens is 1. The number of nitrogens with zero attached hydrogens (tertiary/aromatic N) is 1. The number of pyridine rings is 1. The quantitative estimate of drug-likeness (QED) is 0.717. The van der Waals surface area contributed by atoms with E-state index in [1.54, 1.807) is 6.20 Å². The normalized spacial score (nSPS) is 10.3. The van der Waals surface area contributed by atoms with Crippen molar-refractivity contribution >= 4 is 11.6 Å². The predicted molar refractivity (Wildman–Crippen MR) is 80.4 cm³/mol. The van der Waals surface area contributed by atoms with Gasteiger partial charge in [0.05, 0.1) is 18.2 Å². The van der Waals surface area contributed by atoms with Crippen LogP contribution in [0, 0.1) is 0 Å². The second-order valence-corrected chi connectivity index (χ2v) is 4.63. The highest BCUT2D eigenvalue weighted by Gasteiger charge is 2.06. The fourth-order valence-corrected chi connectivity index (χ4v) is 1.95. The number of ether oxygens (including phenoxy) is 2. The molecule has 4 heteroatoms. The molecule has 0 radical (unpaired) electrons. The first-order valence-electron chi connectivity index (χ1n) is 6.68. The number of hydrogen-bond donors (Lipinski definition) is 0. The minimum atomic E-state index is 0.408. The maximum Gasteiger partial charge on any atom is 0.130 e. The summed E-state index contributed by atoms with van der Waals surface area (Å²) in [6.07, 6.45) is 2.73. The van der Waals surface area contributed by atoms with Gasteiger partial charge in [-0.2, -0.15) is 0 Å². The van der Waals surface area contributed by atoms with Gasteiger partial charge in [0, 0.05) is 17.8 Å². The third-order valence-electron chi connectivity index (χ3n) is 2.76. The zero-order valence-electron chi connectivity index (χ0n) is 11.5.